The molecule has 0 saturated heterocycles. The fourth-order valence-corrected chi connectivity index (χ4v) is 6.40. The van der Waals surface area contributed by atoms with Crippen LogP contribution in [0.5, 0.6) is 0 Å². The largest absolute Gasteiger partial charge is 0.351 e. The van der Waals surface area contributed by atoms with Crippen molar-refractivity contribution < 1.29 is 9.59 Å². The number of thioether (sulfide) groups is 1. The molecule has 0 unspecified atom stereocenters. The third-order valence-electron chi connectivity index (χ3n) is 5.80. The van der Waals surface area contributed by atoms with Crippen molar-refractivity contribution in [2.45, 2.75) is 57.4 Å². The molecule has 32 heavy (non-hydrogen) atoms. The van der Waals surface area contributed by atoms with Crippen LogP contribution in [0, 0.1) is 19.8 Å². The first-order chi connectivity index (χ1) is 15.2. The monoisotopic (exact) mass is 470 g/mol. The maximum atomic E-state index is 13.9. The van der Waals surface area contributed by atoms with Crippen LogP contribution in [0.4, 0.5) is 4.79 Å². The summed E-state index contributed by atoms with van der Waals surface area (Å²) in [5.74, 6) is 0.0619. The van der Waals surface area contributed by atoms with Crippen LogP contribution in [0.15, 0.2) is 28.2 Å². The van der Waals surface area contributed by atoms with Gasteiger partial charge in [0.15, 0.2) is 5.16 Å². The van der Waals surface area contributed by atoms with Crippen LogP contribution in [0.25, 0.3) is 15.9 Å². The average molecular weight is 471 g/mol. The first-order valence-corrected chi connectivity index (χ1v) is 12.3. The molecule has 3 aromatic rings. The zero-order chi connectivity index (χ0) is 23.2. The summed E-state index contributed by atoms with van der Waals surface area (Å²) in [4.78, 5) is 44.1. The fourth-order valence-electron chi connectivity index (χ4n) is 4.06. The van der Waals surface area contributed by atoms with Gasteiger partial charge in [0.25, 0.3) is 5.56 Å². The molecule has 3 amide bonds. The van der Waals surface area contributed by atoms with Crippen LogP contribution in [0.2, 0.25) is 0 Å². The second-order valence-electron chi connectivity index (χ2n) is 8.47. The van der Waals surface area contributed by atoms with Crippen LogP contribution in [0.3, 0.4) is 0 Å². The fraction of sp³-hybridized carbons (Fsp3) is 0.391. The minimum Gasteiger partial charge on any atom is -0.351 e. The molecule has 2 heterocycles. The number of nitrogens with one attached hydrogen (secondary N) is 1. The molecular formula is C23H26N4O3S2. The van der Waals surface area contributed by atoms with Gasteiger partial charge >= 0.3 is 6.03 Å². The van der Waals surface area contributed by atoms with Crippen molar-refractivity contribution in [3.05, 3.63) is 50.1 Å². The van der Waals surface area contributed by atoms with Crippen molar-refractivity contribution in [2.75, 3.05) is 0 Å². The molecule has 0 saturated carbocycles. The van der Waals surface area contributed by atoms with E-state index in [1.165, 1.54) is 4.88 Å². The first kappa shape index (κ1) is 22.5. The Balaban J connectivity index is 1.93. The molecule has 1 aromatic carbocycles. The highest BCUT2D eigenvalue weighted by atomic mass is 32.2. The summed E-state index contributed by atoms with van der Waals surface area (Å²) in [5, 5.41) is 2.55. The number of urea groups is 1. The lowest BCUT2D eigenvalue weighted by atomic mass is 9.89. The van der Waals surface area contributed by atoms with Gasteiger partial charge in [-0.05, 0) is 68.7 Å². The Kier molecular flexibility index (Phi) is 6.13. The number of amides is 3. The van der Waals surface area contributed by atoms with Crippen molar-refractivity contribution >= 4 is 45.3 Å². The highest BCUT2D eigenvalue weighted by molar-refractivity contribution is 8.00. The lowest BCUT2D eigenvalue weighted by Crippen LogP contribution is -2.39. The molecule has 2 aromatic heterocycles. The quantitative estimate of drug-likeness (QED) is 0.445. The number of fused-ring (bicyclic) bond motifs is 3. The molecule has 9 heteroatoms. The maximum Gasteiger partial charge on any atom is 0.318 e. The molecule has 168 valence electrons. The van der Waals surface area contributed by atoms with Crippen molar-refractivity contribution in [1.29, 1.82) is 0 Å². The Labute approximate surface area is 194 Å². The van der Waals surface area contributed by atoms with Gasteiger partial charge in [-0.15, -0.1) is 11.3 Å². The van der Waals surface area contributed by atoms with Gasteiger partial charge in [0.05, 0.1) is 16.3 Å². The third kappa shape index (κ3) is 4.19. The van der Waals surface area contributed by atoms with E-state index in [0.29, 0.717) is 21.3 Å². The summed E-state index contributed by atoms with van der Waals surface area (Å²) in [7, 11) is 0. The van der Waals surface area contributed by atoms with Gasteiger partial charge in [0, 0.05) is 4.88 Å². The summed E-state index contributed by atoms with van der Waals surface area (Å²) in [6.45, 7) is 7.82. The molecule has 0 aliphatic heterocycles. The number of rotatable bonds is 4. The molecule has 0 spiro atoms. The highest BCUT2D eigenvalue weighted by Crippen LogP contribution is 2.37. The molecule has 1 aliphatic rings. The number of hydrogen-bond donors (Lipinski definition) is 2. The van der Waals surface area contributed by atoms with Crippen LogP contribution in [0.1, 0.15) is 41.8 Å². The normalized spacial score (nSPS) is 16.6. The van der Waals surface area contributed by atoms with Gasteiger partial charge in [-0.1, -0.05) is 30.8 Å². The summed E-state index contributed by atoms with van der Waals surface area (Å²) in [6, 6.07) is 5.03. The Hall–Kier alpha value is -2.65. The summed E-state index contributed by atoms with van der Waals surface area (Å²) < 4.78 is 1.62. The van der Waals surface area contributed by atoms with Gasteiger partial charge in [0.1, 0.15) is 4.83 Å². The van der Waals surface area contributed by atoms with Crippen LogP contribution < -0.4 is 16.6 Å². The number of imide groups is 1. The first-order valence-electron chi connectivity index (χ1n) is 10.6. The van der Waals surface area contributed by atoms with E-state index in [1.807, 2.05) is 32.0 Å². The van der Waals surface area contributed by atoms with Crippen molar-refractivity contribution in [3.8, 4) is 5.69 Å². The zero-order valence-corrected chi connectivity index (χ0v) is 20.2. The molecule has 3 N–H and O–H groups in total. The van der Waals surface area contributed by atoms with Gasteiger partial charge in [-0.2, -0.15) is 0 Å². The van der Waals surface area contributed by atoms with E-state index < -0.39 is 17.2 Å². The number of nitrogens with two attached hydrogens (primary N) is 1. The molecular weight excluding hydrogens is 444 g/mol. The molecule has 1 aliphatic carbocycles. The van der Waals surface area contributed by atoms with E-state index in [-0.39, 0.29) is 5.56 Å². The van der Waals surface area contributed by atoms with Crippen molar-refractivity contribution in [3.63, 3.8) is 0 Å². The standard InChI is InChI=1S/C23H26N4O3S2/c1-11-5-7-13(3)16(9-11)27-21(29)18-15-8-6-12(2)10-17(15)32-20(18)26-23(27)31-14(4)19(28)25-22(24)30/h5,7,9,12,14H,6,8,10H2,1-4H3,(H3,24,25,28,30)/t12-,14-/m1/s1. The molecule has 4 rings (SSSR count). The Bertz CT molecular complexity index is 1290. The number of hydrogen-bond acceptors (Lipinski definition) is 6. The van der Waals surface area contributed by atoms with Crippen molar-refractivity contribution in [1.82, 2.24) is 14.9 Å². The van der Waals surface area contributed by atoms with Gasteiger partial charge < -0.3 is 5.73 Å². The highest BCUT2D eigenvalue weighted by Gasteiger charge is 2.27. The summed E-state index contributed by atoms with van der Waals surface area (Å²) in [6.07, 6.45) is 2.89. The lowest BCUT2D eigenvalue weighted by Gasteiger charge is -2.19. The molecule has 0 fully saturated rings. The average Bonchev–Trinajstić information content (AvgIpc) is 3.07. The number of benzene rings is 1. The molecule has 7 nitrogen and oxygen atoms in total. The minimum absolute atomic E-state index is 0.110. The smallest absolute Gasteiger partial charge is 0.318 e. The van der Waals surface area contributed by atoms with Gasteiger partial charge in [-0.3, -0.25) is 19.5 Å². The Morgan fingerprint density at radius 3 is 2.81 bits per heavy atom. The predicted molar refractivity (Wildman–Crippen MR) is 129 cm³/mol. The van der Waals surface area contributed by atoms with E-state index in [2.05, 4.69) is 12.2 Å². The summed E-state index contributed by atoms with van der Waals surface area (Å²) >= 11 is 2.72. The number of thiophene rings is 1. The van der Waals surface area contributed by atoms with Crippen LogP contribution in [-0.2, 0) is 17.6 Å². The predicted octanol–water partition coefficient (Wildman–Crippen LogP) is 3.86. The number of carbonyl (C=O) groups is 2. The number of aromatic nitrogens is 2. The second kappa shape index (κ2) is 8.71. The number of nitrogens with zero attached hydrogens (tertiary/aromatic N) is 2. The van der Waals surface area contributed by atoms with E-state index in [0.717, 1.165) is 53.4 Å². The number of aryl methyl sites for hydroxylation is 3. The van der Waals surface area contributed by atoms with E-state index >= 15 is 0 Å². The Morgan fingerprint density at radius 2 is 2.09 bits per heavy atom. The van der Waals surface area contributed by atoms with E-state index in [1.54, 1.807) is 22.8 Å². The third-order valence-corrected chi connectivity index (χ3v) is 8.00. The van der Waals surface area contributed by atoms with E-state index in [9.17, 15) is 14.4 Å². The van der Waals surface area contributed by atoms with Crippen LogP contribution >= 0.6 is 23.1 Å². The van der Waals surface area contributed by atoms with Gasteiger partial charge in [-0.25, -0.2) is 9.78 Å². The SMILES string of the molecule is Cc1ccc(C)c(-n2c(S[C@H](C)C(=O)NC(N)=O)nc3sc4c(c3c2=O)CC[C@@H](C)C4)c1. The molecule has 0 bridgehead atoms. The maximum absolute atomic E-state index is 13.9. The molecule has 0 radical (unpaired) electrons. The minimum atomic E-state index is -0.905. The zero-order valence-electron chi connectivity index (χ0n) is 18.5. The lowest BCUT2D eigenvalue weighted by molar-refractivity contribution is -0.119. The molecule has 2 atom stereocenters. The van der Waals surface area contributed by atoms with Gasteiger partial charge in [0.2, 0.25) is 5.91 Å². The van der Waals surface area contributed by atoms with E-state index in [4.69, 9.17) is 10.7 Å². The Morgan fingerprint density at radius 1 is 1.34 bits per heavy atom. The topological polar surface area (TPSA) is 107 Å². The number of primary amides is 1. The second-order valence-corrected chi connectivity index (χ2v) is 10.9. The van der Waals surface area contributed by atoms with Crippen molar-refractivity contribution in [2.24, 2.45) is 11.7 Å². The summed E-state index contributed by atoms with van der Waals surface area (Å²) in [5.41, 5.74) is 8.82. The van der Waals surface area contributed by atoms with Crippen LogP contribution in [-0.4, -0.2) is 26.7 Å². The number of carbonyl (C=O) groups excluding carboxylic acids is 2.